The van der Waals surface area contributed by atoms with Crippen LogP contribution in [0.3, 0.4) is 0 Å². The third kappa shape index (κ3) is 1.73. The fourth-order valence-electron chi connectivity index (χ4n) is 0.752. The predicted molar refractivity (Wildman–Crippen MR) is 35.5 cm³/mol. The Kier molecular flexibility index (Phi) is 1.97. The van der Waals surface area contributed by atoms with Gasteiger partial charge in [-0.2, -0.15) is 13.2 Å². The SMILES string of the molecule is CC1(C(=O)O)COC(C(F)(F)F)=N1. The molecular formula is C6H6F3NO3. The summed E-state index contributed by atoms with van der Waals surface area (Å²) in [5.74, 6) is -2.91. The number of nitrogens with zero attached hydrogens (tertiary/aromatic N) is 1. The van der Waals surface area contributed by atoms with Gasteiger partial charge in [-0.25, -0.2) is 9.79 Å². The zero-order valence-corrected chi connectivity index (χ0v) is 6.55. The molecule has 1 atom stereocenters. The van der Waals surface area contributed by atoms with Crippen molar-refractivity contribution in [1.82, 2.24) is 0 Å². The number of ether oxygens (including phenoxy) is 1. The molecule has 74 valence electrons. The molecule has 1 rings (SSSR count). The number of hydrogen-bond acceptors (Lipinski definition) is 3. The number of halogens is 3. The molecule has 1 N–H and O–H groups in total. The van der Waals surface area contributed by atoms with Crippen LogP contribution in [0.5, 0.6) is 0 Å². The summed E-state index contributed by atoms with van der Waals surface area (Å²) in [5, 5.41) is 8.50. The quantitative estimate of drug-likeness (QED) is 0.676. The minimum absolute atomic E-state index is 0.586. The van der Waals surface area contributed by atoms with Crippen LogP contribution in [0.4, 0.5) is 13.2 Å². The minimum atomic E-state index is -4.72. The van der Waals surface area contributed by atoms with Crippen molar-refractivity contribution in [3.63, 3.8) is 0 Å². The lowest BCUT2D eigenvalue weighted by Gasteiger charge is -2.10. The molecule has 0 aliphatic carbocycles. The van der Waals surface area contributed by atoms with Gasteiger partial charge in [0.1, 0.15) is 6.61 Å². The predicted octanol–water partition coefficient (Wildman–Crippen LogP) is 0.821. The van der Waals surface area contributed by atoms with Gasteiger partial charge in [0.25, 0.3) is 5.90 Å². The van der Waals surface area contributed by atoms with Gasteiger partial charge in [0.05, 0.1) is 0 Å². The number of carboxylic acids is 1. The van der Waals surface area contributed by atoms with Gasteiger partial charge in [-0.1, -0.05) is 0 Å². The van der Waals surface area contributed by atoms with E-state index in [-0.39, 0.29) is 0 Å². The first kappa shape index (κ1) is 9.82. The van der Waals surface area contributed by atoms with E-state index in [0.717, 1.165) is 6.92 Å². The van der Waals surface area contributed by atoms with Gasteiger partial charge >= 0.3 is 12.1 Å². The third-order valence-corrected chi connectivity index (χ3v) is 1.54. The fourth-order valence-corrected chi connectivity index (χ4v) is 0.752. The summed E-state index contributed by atoms with van der Waals surface area (Å²) in [6.07, 6.45) is -4.72. The van der Waals surface area contributed by atoms with Crippen molar-refractivity contribution >= 4 is 11.9 Å². The Hall–Kier alpha value is -1.27. The first-order valence-electron chi connectivity index (χ1n) is 3.29. The molecule has 0 aromatic carbocycles. The van der Waals surface area contributed by atoms with Crippen LogP contribution < -0.4 is 0 Å². The van der Waals surface area contributed by atoms with Gasteiger partial charge in [-0.15, -0.1) is 0 Å². The Morgan fingerprint density at radius 3 is 2.46 bits per heavy atom. The summed E-state index contributed by atoms with van der Waals surface area (Å²) < 4.78 is 39.9. The van der Waals surface area contributed by atoms with Crippen molar-refractivity contribution in [2.24, 2.45) is 4.99 Å². The van der Waals surface area contributed by atoms with Crippen LogP contribution in [0.1, 0.15) is 6.92 Å². The number of aliphatic imine (C=N–C) groups is 1. The molecule has 0 fully saturated rings. The molecule has 0 amide bonds. The van der Waals surface area contributed by atoms with Gasteiger partial charge in [-0.3, -0.25) is 0 Å². The van der Waals surface area contributed by atoms with E-state index in [4.69, 9.17) is 5.11 Å². The Morgan fingerprint density at radius 1 is 1.69 bits per heavy atom. The van der Waals surface area contributed by atoms with Crippen molar-refractivity contribution in [1.29, 1.82) is 0 Å². The summed E-state index contributed by atoms with van der Waals surface area (Å²) >= 11 is 0. The smallest absolute Gasteiger partial charge is 0.468 e. The lowest BCUT2D eigenvalue weighted by molar-refractivity contribution is -0.143. The summed E-state index contributed by atoms with van der Waals surface area (Å²) in [6, 6.07) is 0. The standard InChI is InChI=1S/C6H6F3NO3/c1-5(4(11)12)2-13-3(10-5)6(7,8)9/h2H2,1H3,(H,11,12). The van der Waals surface area contributed by atoms with Crippen LogP contribution in [0.25, 0.3) is 0 Å². The molecule has 1 aliphatic heterocycles. The lowest BCUT2D eigenvalue weighted by atomic mass is 10.1. The third-order valence-electron chi connectivity index (χ3n) is 1.54. The minimum Gasteiger partial charge on any atom is -0.479 e. The maximum Gasteiger partial charge on any atom is 0.468 e. The van der Waals surface area contributed by atoms with E-state index >= 15 is 0 Å². The van der Waals surface area contributed by atoms with Crippen LogP contribution >= 0.6 is 0 Å². The van der Waals surface area contributed by atoms with E-state index in [2.05, 4.69) is 9.73 Å². The van der Waals surface area contributed by atoms with Gasteiger partial charge < -0.3 is 9.84 Å². The van der Waals surface area contributed by atoms with Crippen molar-refractivity contribution in [3.8, 4) is 0 Å². The largest absolute Gasteiger partial charge is 0.479 e. The number of alkyl halides is 3. The van der Waals surface area contributed by atoms with Crippen molar-refractivity contribution in [2.45, 2.75) is 18.6 Å². The molecule has 1 unspecified atom stereocenters. The van der Waals surface area contributed by atoms with E-state index in [1.807, 2.05) is 0 Å². The molecule has 0 saturated heterocycles. The topological polar surface area (TPSA) is 58.9 Å². The summed E-state index contributed by atoms with van der Waals surface area (Å²) in [7, 11) is 0. The van der Waals surface area contributed by atoms with E-state index in [0.29, 0.717) is 0 Å². The molecular weight excluding hydrogens is 191 g/mol. The molecule has 0 bridgehead atoms. The zero-order valence-electron chi connectivity index (χ0n) is 6.55. The fraction of sp³-hybridized carbons (Fsp3) is 0.667. The number of aliphatic carboxylic acids is 1. The van der Waals surface area contributed by atoms with Gasteiger partial charge in [-0.05, 0) is 6.92 Å². The summed E-state index contributed by atoms with van der Waals surface area (Å²) in [6.45, 7) is 0.477. The molecule has 0 spiro atoms. The number of rotatable bonds is 1. The maximum absolute atomic E-state index is 11.9. The molecule has 7 heteroatoms. The number of hydrogen-bond donors (Lipinski definition) is 1. The first-order valence-corrected chi connectivity index (χ1v) is 3.29. The second kappa shape index (κ2) is 2.61. The van der Waals surface area contributed by atoms with Crippen molar-refractivity contribution in [3.05, 3.63) is 0 Å². The Balaban J connectivity index is 2.92. The maximum atomic E-state index is 11.9. The highest BCUT2D eigenvalue weighted by molar-refractivity contribution is 5.90. The molecule has 0 aromatic heterocycles. The van der Waals surface area contributed by atoms with Crippen molar-refractivity contribution in [2.75, 3.05) is 6.61 Å². The highest BCUT2D eigenvalue weighted by atomic mass is 19.4. The molecule has 0 radical (unpaired) electrons. The molecule has 0 saturated carbocycles. The second-order valence-corrected chi connectivity index (χ2v) is 2.78. The molecule has 1 heterocycles. The Bertz CT molecular complexity index is 273. The van der Waals surface area contributed by atoms with Crippen molar-refractivity contribution < 1.29 is 27.8 Å². The van der Waals surface area contributed by atoms with Crippen LogP contribution in [0.15, 0.2) is 4.99 Å². The molecule has 0 aromatic rings. The molecule has 1 aliphatic rings. The number of carbonyl (C=O) groups is 1. The van der Waals surface area contributed by atoms with Gasteiger partial charge in [0.15, 0.2) is 5.54 Å². The van der Waals surface area contributed by atoms with E-state index in [1.165, 1.54) is 0 Å². The average molecular weight is 197 g/mol. The lowest BCUT2D eigenvalue weighted by Crippen LogP contribution is -2.34. The van der Waals surface area contributed by atoms with Crippen LogP contribution in [-0.4, -0.2) is 35.3 Å². The van der Waals surface area contributed by atoms with Gasteiger partial charge in [0.2, 0.25) is 0 Å². The van der Waals surface area contributed by atoms with E-state index < -0.39 is 30.2 Å². The highest BCUT2D eigenvalue weighted by Gasteiger charge is 2.48. The van der Waals surface area contributed by atoms with Gasteiger partial charge in [0, 0.05) is 0 Å². The first-order chi connectivity index (χ1) is 5.76. The van der Waals surface area contributed by atoms with Crippen LogP contribution in [0, 0.1) is 0 Å². The number of carboxylic acid groups (broad SMARTS) is 1. The second-order valence-electron chi connectivity index (χ2n) is 2.78. The zero-order chi connectivity index (χ0) is 10.3. The average Bonchev–Trinajstić information content (AvgIpc) is 2.31. The monoisotopic (exact) mass is 197 g/mol. The highest BCUT2D eigenvalue weighted by Crippen LogP contribution is 2.27. The molecule has 13 heavy (non-hydrogen) atoms. The van der Waals surface area contributed by atoms with Crippen LogP contribution in [0.2, 0.25) is 0 Å². The van der Waals surface area contributed by atoms with E-state index in [1.54, 1.807) is 0 Å². The molecule has 4 nitrogen and oxygen atoms in total. The van der Waals surface area contributed by atoms with E-state index in [9.17, 15) is 18.0 Å². The normalized spacial score (nSPS) is 28.2. The summed E-state index contributed by atoms with van der Waals surface area (Å²) in [5.41, 5.74) is -1.81. The summed E-state index contributed by atoms with van der Waals surface area (Å²) in [4.78, 5) is 13.4. The Morgan fingerprint density at radius 2 is 2.23 bits per heavy atom. The Labute approximate surface area is 71.0 Å². The van der Waals surface area contributed by atoms with Crippen LogP contribution in [-0.2, 0) is 9.53 Å².